The minimum absolute atomic E-state index is 0.715. The molecular formula is C13H18N2O. The Morgan fingerprint density at radius 3 is 2.88 bits per heavy atom. The average Bonchev–Trinajstić information content (AvgIpc) is 2.83. The van der Waals surface area contributed by atoms with Gasteiger partial charge < -0.3 is 10.5 Å². The zero-order valence-corrected chi connectivity index (χ0v) is 9.48. The van der Waals surface area contributed by atoms with E-state index in [1.807, 2.05) is 6.07 Å². The quantitative estimate of drug-likeness (QED) is 0.765. The molecule has 16 heavy (non-hydrogen) atoms. The summed E-state index contributed by atoms with van der Waals surface area (Å²) in [5.41, 5.74) is 7.97. The third kappa shape index (κ3) is 2.61. The molecule has 0 unspecified atom stereocenters. The van der Waals surface area contributed by atoms with Gasteiger partial charge in [-0.05, 0) is 37.4 Å². The van der Waals surface area contributed by atoms with Crippen molar-refractivity contribution in [2.45, 2.75) is 19.3 Å². The van der Waals surface area contributed by atoms with Gasteiger partial charge in [-0.25, -0.2) is 4.99 Å². The van der Waals surface area contributed by atoms with Crippen LogP contribution >= 0.6 is 0 Å². The Balaban J connectivity index is 2.10. The van der Waals surface area contributed by atoms with E-state index in [9.17, 15) is 0 Å². The first-order valence-corrected chi connectivity index (χ1v) is 5.87. The Labute approximate surface area is 96.3 Å². The minimum Gasteiger partial charge on any atom is -0.476 e. The van der Waals surface area contributed by atoms with E-state index in [-0.39, 0.29) is 0 Å². The highest BCUT2D eigenvalue weighted by Gasteiger charge is 2.13. The van der Waals surface area contributed by atoms with Crippen molar-refractivity contribution in [1.82, 2.24) is 0 Å². The maximum absolute atomic E-state index is 5.51. The van der Waals surface area contributed by atoms with E-state index in [1.54, 1.807) is 0 Å². The number of hydrogen-bond acceptors (Lipinski definition) is 3. The highest BCUT2D eigenvalue weighted by Crippen LogP contribution is 2.15. The van der Waals surface area contributed by atoms with Crippen LogP contribution in [0.1, 0.15) is 24.0 Å². The number of ether oxygens (including phenoxy) is 1. The maximum Gasteiger partial charge on any atom is 0.216 e. The Morgan fingerprint density at radius 2 is 2.12 bits per heavy atom. The van der Waals surface area contributed by atoms with Gasteiger partial charge in [-0.15, -0.1) is 0 Å². The predicted octanol–water partition coefficient (Wildman–Crippen LogP) is 1.74. The number of rotatable bonds is 5. The van der Waals surface area contributed by atoms with Crippen LogP contribution in [0.15, 0.2) is 29.3 Å². The summed E-state index contributed by atoms with van der Waals surface area (Å²) in [5, 5.41) is 0. The van der Waals surface area contributed by atoms with E-state index in [4.69, 9.17) is 10.5 Å². The van der Waals surface area contributed by atoms with E-state index < -0.39 is 0 Å². The van der Waals surface area contributed by atoms with Gasteiger partial charge in [0.25, 0.3) is 0 Å². The van der Waals surface area contributed by atoms with Crippen molar-refractivity contribution in [3.05, 3.63) is 35.4 Å². The van der Waals surface area contributed by atoms with Crippen molar-refractivity contribution in [3.63, 3.8) is 0 Å². The van der Waals surface area contributed by atoms with Crippen LogP contribution in [0.4, 0.5) is 0 Å². The van der Waals surface area contributed by atoms with E-state index in [2.05, 4.69) is 23.2 Å². The maximum atomic E-state index is 5.51. The van der Waals surface area contributed by atoms with Crippen LogP contribution in [0, 0.1) is 0 Å². The summed E-state index contributed by atoms with van der Waals surface area (Å²) in [7, 11) is 0. The lowest BCUT2D eigenvalue weighted by molar-refractivity contribution is 0.348. The summed E-state index contributed by atoms with van der Waals surface area (Å²) in [6.07, 6.45) is 3.25. The Kier molecular flexibility index (Phi) is 3.94. The molecule has 0 aliphatic carbocycles. The van der Waals surface area contributed by atoms with Crippen molar-refractivity contribution < 1.29 is 4.74 Å². The zero-order chi connectivity index (χ0) is 11.2. The van der Waals surface area contributed by atoms with E-state index >= 15 is 0 Å². The second kappa shape index (κ2) is 5.66. The molecule has 1 aromatic rings. The van der Waals surface area contributed by atoms with Gasteiger partial charge in [-0.1, -0.05) is 18.2 Å². The summed E-state index contributed by atoms with van der Waals surface area (Å²) in [6, 6.07) is 8.33. The molecule has 0 saturated heterocycles. The smallest absolute Gasteiger partial charge is 0.216 e. The van der Waals surface area contributed by atoms with Crippen molar-refractivity contribution in [2.75, 3.05) is 19.7 Å². The molecule has 0 atom stereocenters. The van der Waals surface area contributed by atoms with Gasteiger partial charge in [0.05, 0.1) is 6.54 Å². The van der Waals surface area contributed by atoms with E-state index in [1.165, 1.54) is 5.56 Å². The van der Waals surface area contributed by atoms with Gasteiger partial charge in [-0.3, -0.25) is 0 Å². The lowest BCUT2D eigenvalue weighted by Crippen LogP contribution is -2.06. The average molecular weight is 218 g/mol. The largest absolute Gasteiger partial charge is 0.476 e. The molecule has 0 aromatic heterocycles. The second-order valence-corrected chi connectivity index (χ2v) is 3.94. The van der Waals surface area contributed by atoms with Crippen LogP contribution in [0.25, 0.3) is 0 Å². The summed E-state index contributed by atoms with van der Waals surface area (Å²) in [5.74, 6) is 0.809. The number of hydrogen-bond donors (Lipinski definition) is 1. The lowest BCUT2D eigenvalue weighted by atomic mass is 10.0. The van der Waals surface area contributed by atoms with Gasteiger partial charge in [0.15, 0.2) is 0 Å². The van der Waals surface area contributed by atoms with E-state index in [0.29, 0.717) is 6.61 Å². The Morgan fingerprint density at radius 1 is 1.25 bits per heavy atom. The first-order valence-electron chi connectivity index (χ1n) is 5.87. The summed E-state index contributed by atoms with van der Waals surface area (Å²) < 4.78 is 5.51. The fourth-order valence-electron chi connectivity index (χ4n) is 1.90. The van der Waals surface area contributed by atoms with Gasteiger partial charge in [0.2, 0.25) is 5.90 Å². The van der Waals surface area contributed by atoms with Gasteiger partial charge >= 0.3 is 0 Å². The molecule has 3 heteroatoms. The predicted molar refractivity (Wildman–Crippen MR) is 65.8 cm³/mol. The van der Waals surface area contributed by atoms with Gasteiger partial charge in [0, 0.05) is 5.56 Å². The molecule has 2 N–H and O–H groups in total. The number of aryl methyl sites for hydroxylation is 1. The number of nitrogens with two attached hydrogens (primary N) is 1. The molecular weight excluding hydrogens is 200 g/mol. The summed E-state index contributed by atoms with van der Waals surface area (Å²) in [6.45, 7) is 2.26. The number of nitrogens with zero attached hydrogens (tertiary/aromatic N) is 1. The molecule has 0 bridgehead atoms. The highest BCUT2D eigenvalue weighted by atomic mass is 16.5. The molecule has 2 rings (SSSR count). The lowest BCUT2D eigenvalue weighted by Gasteiger charge is -2.08. The molecule has 0 fully saturated rings. The van der Waals surface area contributed by atoms with Crippen LogP contribution in [-0.4, -0.2) is 25.6 Å². The zero-order valence-electron chi connectivity index (χ0n) is 9.48. The van der Waals surface area contributed by atoms with Crippen LogP contribution in [0.5, 0.6) is 0 Å². The standard InChI is InChI=1S/C13H18N2O/c14-8-4-3-6-11-5-1-2-7-12(11)13-15-9-10-16-13/h1-2,5,7H,3-4,6,8-10,14H2. The molecule has 1 heterocycles. The monoisotopic (exact) mass is 218 g/mol. The fourth-order valence-corrected chi connectivity index (χ4v) is 1.90. The first kappa shape index (κ1) is 11.1. The molecule has 0 saturated carbocycles. The topological polar surface area (TPSA) is 47.6 Å². The first-order chi connectivity index (χ1) is 7.92. The van der Waals surface area contributed by atoms with Crippen molar-refractivity contribution >= 4 is 5.90 Å². The third-order valence-corrected chi connectivity index (χ3v) is 2.73. The molecule has 1 aliphatic rings. The van der Waals surface area contributed by atoms with Gasteiger partial charge in [-0.2, -0.15) is 0 Å². The minimum atomic E-state index is 0.715. The van der Waals surface area contributed by atoms with Crippen molar-refractivity contribution in [1.29, 1.82) is 0 Å². The molecule has 0 spiro atoms. The normalized spacial score (nSPS) is 14.7. The summed E-state index contributed by atoms with van der Waals surface area (Å²) >= 11 is 0. The van der Waals surface area contributed by atoms with Gasteiger partial charge in [0.1, 0.15) is 6.61 Å². The SMILES string of the molecule is NCCCCc1ccccc1C1=NCCO1. The third-order valence-electron chi connectivity index (χ3n) is 2.73. The number of aliphatic imine (C=N–C) groups is 1. The summed E-state index contributed by atoms with van der Waals surface area (Å²) in [4.78, 5) is 4.36. The molecule has 0 radical (unpaired) electrons. The fraction of sp³-hybridized carbons (Fsp3) is 0.462. The molecule has 3 nitrogen and oxygen atoms in total. The van der Waals surface area contributed by atoms with Crippen molar-refractivity contribution in [3.8, 4) is 0 Å². The number of unbranched alkanes of at least 4 members (excludes halogenated alkanes) is 1. The molecule has 86 valence electrons. The van der Waals surface area contributed by atoms with Crippen LogP contribution < -0.4 is 5.73 Å². The van der Waals surface area contributed by atoms with Crippen molar-refractivity contribution in [2.24, 2.45) is 10.7 Å². The number of benzene rings is 1. The van der Waals surface area contributed by atoms with Crippen LogP contribution in [-0.2, 0) is 11.2 Å². The molecule has 0 amide bonds. The Bertz CT molecular complexity index is 374. The van der Waals surface area contributed by atoms with Crippen LogP contribution in [0.2, 0.25) is 0 Å². The van der Waals surface area contributed by atoms with E-state index in [0.717, 1.165) is 43.8 Å². The second-order valence-electron chi connectivity index (χ2n) is 3.94. The van der Waals surface area contributed by atoms with Crippen LogP contribution in [0.3, 0.4) is 0 Å². The highest BCUT2D eigenvalue weighted by molar-refractivity contribution is 5.96. The molecule has 1 aliphatic heterocycles. The Hall–Kier alpha value is -1.35. The molecule has 1 aromatic carbocycles.